The van der Waals surface area contributed by atoms with Gasteiger partial charge in [0.2, 0.25) is 0 Å². The topological polar surface area (TPSA) is 46.6 Å². The van der Waals surface area contributed by atoms with E-state index in [0.29, 0.717) is 22.0 Å². The molecule has 2 aromatic rings. The van der Waals surface area contributed by atoms with Crippen LogP contribution in [0.1, 0.15) is 19.4 Å². The van der Waals surface area contributed by atoms with E-state index in [-0.39, 0.29) is 18.1 Å². The highest BCUT2D eigenvalue weighted by Crippen LogP contribution is 2.35. The minimum Gasteiger partial charge on any atom is -0.462 e. The maximum atomic E-state index is 13.1. The largest absolute Gasteiger partial charge is 0.462 e. The lowest BCUT2D eigenvalue weighted by molar-refractivity contribution is -0.138. The summed E-state index contributed by atoms with van der Waals surface area (Å²) in [4.78, 5) is 27.2. The summed E-state index contributed by atoms with van der Waals surface area (Å²) in [5.74, 6) is -0.776. The summed E-state index contributed by atoms with van der Waals surface area (Å²) in [6.45, 7) is 3.72. The minimum absolute atomic E-state index is 0.236. The Labute approximate surface area is 157 Å². The normalized spacial score (nSPS) is 15.7. The van der Waals surface area contributed by atoms with Crippen LogP contribution in [-0.4, -0.2) is 18.5 Å². The van der Waals surface area contributed by atoms with Crippen molar-refractivity contribution < 1.29 is 14.3 Å². The highest BCUT2D eigenvalue weighted by Gasteiger charge is 2.37. The molecule has 0 atom stereocenters. The lowest BCUT2D eigenvalue weighted by atomic mass is 10.0. The van der Waals surface area contributed by atoms with E-state index in [1.54, 1.807) is 38.1 Å². The Morgan fingerprint density at radius 3 is 2.54 bits per heavy atom. The highest BCUT2D eigenvalue weighted by atomic mass is 35.5. The van der Waals surface area contributed by atoms with Gasteiger partial charge in [-0.05, 0) is 49.8 Å². The number of carbonyl (C=O) groups excluding carboxylic acids is 2. The first-order valence-electron chi connectivity index (χ1n) is 8.28. The zero-order valence-electron chi connectivity index (χ0n) is 14.5. The fourth-order valence-corrected chi connectivity index (χ4v) is 3.13. The third-order valence-corrected chi connectivity index (χ3v) is 4.29. The molecule has 0 bridgehead atoms. The summed E-state index contributed by atoms with van der Waals surface area (Å²) in [7, 11) is 0. The van der Waals surface area contributed by atoms with Gasteiger partial charge in [-0.15, -0.1) is 0 Å². The molecule has 132 valence electrons. The first kappa shape index (κ1) is 18.0. The molecule has 0 saturated carbocycles. The first-order chi connectivity index (χ1) is 12.5. The number of para-hydroxylation sites is 1. The van der Waals surface area contributed by atoms with Crippen LogP contribution in [0, 0.1) is 0 Å². The molecule has 1 amide bonds. The number of hydrogen-bond donors (Lipinski definition) is 0. The van der Waals surface area contributed by atoms with E-state index in [9.17, 15) is 9.59 Å². The molecule has 1 aliphatic rings. The number of rotatable bonds is 4. The molecule has 4 nitrogen and oxygen atoms in total. The van der Waals surface area contributed by atoms with Gasteiger partial charge in [-0.1, -0.05) is 41.9 Å². The number of anilines is 1. The summed E-state index contributed by atoms with van der Waals surface area (Å²) < 4.78 is 5.18. The van der Waals surface area contributed by atoms with E-state index in [4.69, 9.17) is 16.3 Å². The molecule has 0 unspecified atom stereocenters. The number of ether oxygens (including phenoxy) is 1. The molecule has 0 radical (unpaired) electrons. The van der Waals surface area contributed by atoms with Gasteiger partial charge in [0.15, 0.2) is 0 Å². The van der Waals surface area contributed by atoms with E-state index in [0.717, 1.165) is 5.56 Å². The van der Waals surface area contributed by atoms with Crippen molar-refractivity contribution in [3.63, 3.8) is 0 Å². The van der Waals surface area contributed by atoms with Crippen molar-refractivity contribution in [3.8, 4) is 0 Å². The Morgan fingerprint density at radius 2 is 1.88 bits per heavy atom. The van der Waals surface area contributed by atoms with Gasteiger partial charge in [0.05, 0.1) is 17.8 Å². The minimum atomic E-state index is -0.509. The number of esters is 1. The fourth-order valence-electron chi connectivity index (χ4n) is 2.93. The zero-order valence-corrected chi connectivity index (χ0v) is 15.3. The van der Waals surface area contributed by atoms with Crippen molar-refractivity contribution in [2.75, 3.05) is 11.5 Å². The molecule has 2 aromatic carbocycles. The maximum Gasteiger partial charge on any atom is 0.340 e. The van der Waals surface area contributed by atoms with Crippen LogP contribution in [0.15, 0.2) is 71.4 Å². The predicted octanol–water partition coefficient (Wildman–Crippen LogP) is 4.61. The first-order valence-corrected chi connectivity index (χ1v) is 8.66. The number of hydrogen-bond acceptors (Lipinski definition) is 3. The number of nitrogens with zero attached hydrogens (tertiary/aromatic N) is 1. The molecule has 0 aliphatic carbocycles. The van der Waals surface area contributed by atoms with E-state index in [1.807, 2.05) is 36.4 Å². The second-order valence-corrected chi connectivity index (χ2v) is 6.21. The van der Waals surface area contributed by atoms with Crippen LogP contribution in [0.3, 0.4) is 0 Å². The van der Waals surface area contributed by atoms with Gasteiger partial charge in [-0.25, -0.2) is 4.79 Å². The molecule has 0 spiro atoms. The molecule has 0 saturated heterocycles. The summed E-state index contributed by atoms with van der Waals surface area (Å²) in [6, 6.07) is 16.3. The molecule has 3 rings (SSSR count). The van der Waals surface area contributed by atoms with Crippen LogP contribution in [0.4, 0.5) is 5.69 Å². The monoisotopic (exact) mass is 367 g/mol. The van der Waals surface area contributed by atoms with Crippen LogP contribution in [-0.2, 0) is 14.3 Å². The van der Waals surface area contributed by atoms with Crippen molar-refractivity contribution >= 4 is 35.2 Å². The number of benzene rings is 2. The maximum absolute atomic E-state index is 13.1. The molecule has 5 heteroatoms. The molecular formula is C21H18ClNO3. The highest BCUT2D eigenvalue weighted by molar-refractivity contribution is 6.30. The molecule has 0 aromatic heterocycles. The molecule has 0 fully saturated rings. The Bertz CT molecular complexity index is 916. The second-order valence-electron chi connectivity index (χ2n) is 5.77. The van der Waals surface area contributed by atoms with E-state index in [1.165, 1.54) is 4.90 Å². The van der Waals surface area contributed by atoms with Crippen LogP contribution in [0.5, 0.6) is 0 Å². The van der Waals surface area contributed by atoms with Gasteiger partial charge < -0.3 is 4.74 Å². The van der Waals surface area contributed by atoms with Crippen molar-refractivity contribution in [1.29, 1.82) is 0 Å². The average molecular weight is 368 g/mol. The van der Waals surface area contributed by atoms with Gasteiger partial charge in [0.25, 0.3) is 5.91 Å². The fraction of sp³-hybridized carbons (Fsp3) is 0.143. The van der Waals surface area contributed by atoms with E-state index < -0.39 is 5.97 Å². The Hall–Kier alpha value is -2.85. The lowest BCUT2D eigenvalue weighted by Crippen LogP contribution is -2.24. The third kappa shape index (κ3) is 3.41. The number of halogens is 1. The summed E-state index contributed by atoms with van der Waals surface area (Å²) in [5.41, 5.74) is 2.57. The Balaban J connectivity index is 2.13. The third-order valence-electron chi connectivity index (χ3n) is 4.05. The van der Waals surface area contributed by atoms with Gasteiger partial charge >= 0.3 is 5.97 Å². The quantitative estimate of drug-likeness (QED) is 0.585. The smallest absolute Gasteiger partial charge is 0.340 e. The number of amides is 1. The molecular weight excluding hydrogens is 350 g/mol. The van der Waals surface area contributed by atoms with Gasteiger partial charge in [0.1, 0.15) is 0 Å². The van der Waals surface area contributed by atoms with Gasteiger partial charge in [-0.2, -0.15) is 0 Å². The average Bonchev–Trinajstić information content (AvgIpc) is 2.86. The van der Waals surface area contributed by atoms with Crippen LogP contribution >= 0.6 is 11.6 Å². The molecule has 1 heterocycles. The predicted molar refractivity (Wildman–Crippen MR) is 103 cm³/mol. The van der Waals surface area contributed by atoms with Crippen molar-refractivity contribution in [1.82, 2.24) is 0 Å². The van der Waals surface area contributed by atoms with Crippen molar-refractivity contribution in [2.24, 2.45) is 0 Å². The zero-order chi connectivity index (χ0) is 18.7. The standard InChI is InChI=1S/C21H18ClNO3/c1-3-26-21(25)19-14(2)23(17-10-5-4-6-11-17)20(24)18(19)13-15-8-7-9-16(22)12-15/h4-13H,3H2,1-2H3. The van der Waals surface area contributed by atoms with Crippen LogP contribution < -0.4 is 4.90 Å². The van der Waals surface area contributed by atoms with Crippen LogP contribution in [0.2, 0.25) is 5.02 Å². The summed E-state index contributed by atoms with van der Waals surface area (Å²) >= 11 is 6.04. The molecule has 26 heavy (non-hydrogen) atoms. The lowest BCUT2D eigenvalue weighted by Gasteiger charge is -2.17. The van der Waals surface area contributed by atoms with Crippen molar-refractivity contribution in [3.05, 3.63) is 82.0 Å². The Morgan fingerprint density at radius 1 is 1.15 bits per heavy atom. The number of carbonyl (C=O) groups is 2. The number of allylic oxidation sites excluding steroid dienone is 1. The Kier molecular flexibility index (Phi) is 5.24. The summed E-state index contributed by atoms with van der Waals surface area (Å²) in [5, 5.41) is 0.558. The second kappa shape index (κ2) is 7.58. The van der Waals surface area contributed by atoms with E-state index in [2.05, 4.69) is 0 Å². The summed E-state index contributed by atoms with van der Waals surface area (Å²) in [6.07, 6.45) is 1.67. The van der Waals surface area contributed by atoms with Crippen molar-refractivity contribution in [2.45, 2.75) is 13.8 Å². The van der Waals surface area contributed by atoms with Crippen LogP contribution in [0.25, 0.3) is 6.08 Å². The van der Waals surface area contributed by atoms with E-state index >= 15 is 0 Å². The SMILES string of the molecule is CCOC(=O)C1=C(C)N(c2ccccc2)C(=O)C1=Cc1cccc(Cl)c1. The molecule has 0 N–H and O–H groups in total. The molecule has 1 aliphatic heterocycles. The van der Waals surface area contributed by atoms with Gasteiger partial charge in [-0.3, -0.25) is 9.69 Å². The van der Waals surface area contributed by atoms with Gasteiger partial charge in [0, 0.05) is 16.4 Å².